The SMILES string of the molecule is CCNC(CC)(CO)CCCN(CC)c1ccccc1. The van der Waals surface area contributed by atoms with Crippen molar-refractivity contribution in [1.82, 2.24) is 5.32 Å². The Morgan fingerprint density at radius 3 is 2.35 bits per heavy atom. The maximum absolute atomic E-state index is 9.67. The topological polar surface area (TPSA) is 35.5 Å². The first-order valence-electron chi connectivity index (χ1n) is 7.87. The summed E-state index contributed by atoms with van der Waals surface area (Å²) in [5, 5.41) is 13.1. The third-order valence-corrected chi connectivity index (χ3v) is 4.12. The summed E-state index contributed by atoms with van der Waals surface area (Å²) >= 11 is 0. The van der Waals surface area contributed by atoms with Crippen LogP contribution in [0.1, 0.15) is 40.0 Å². The lowest BCUT2D eigenvalue weighted by molar-refractivity contribution is 0.147. The predicted octanol–water partition coefficient (Wildman–Crippen LogP) is 3.04. The van der Waals surface area contributed by atoms with Gasteiger partial charge in [-0.1, -0.05) is 32.0 Å². The van der Waals surface area contributed by atoms with E-state index in [0.29, 0.717) is 0 Å². The van der Waals surface area contributed by atoms with Gasteiger partial charge in [0.05, 0.1) is 6.61 Å². The average Bonchev–Trinajstić information content (AvgIpc) is 2.51. The maximum Gasteiger partial charge on any atom is 0.0613 e. The second kappa shape index (κ2) is 8.98. The number of nitrogens with zero attached hydrogens (tertiary/aromatic N) is 1. The number of nitrogens with one attached hydrogen (secondary N) is 1. The molecule has 3 nitrogen and oxygen atoms in total. The molecule has 1 rings (SSSR count). The number of rotatable bonds is 10. The molecular formula is C17H30N2O. The van der Waals surface area contributed by atoms with E-state index in [4.69, 9.17) is 0 Å². The first kappa shape index (κ1) is 17.0. The van der Waals surface area contributed by atoms with Gasteiger partial charge in [-0.05, 0) is 44.9 Å². The van der Waals surface area contributed by atoms with Crippen LogP contribution in [-0.2, 0) is 0 Å². The summed E-state index contributed by atoms with van der Waals surface area (Å²) in [5.74, 6) is 0. The molecule has 0 saturated carbocycles. The summed E-state index contributed by atoms with van der Waals surface area (Å²) < 4.78 is 0. The van der Waals surface area contributed by atoms with Crippen molar-refractivity contribution >= 4 is 5.69 Å². The molecule has 0 spiro atoms. The van der Waals surface area contributed by atoms with E-state index in [-0.39, 0.29) is 12.1 Å². The highest BCUT2D eigenvalue weighted by Crippen LogP contribution is 2.19. The van der Waals surface area contributed by atoms with E-state index >= 15 is 0 Å². The minimum Gasteiger partial charge on any atom is -0.394 e. The minimum atomic E-state index is -0.106. The molecule has 1 aromatic carbocycles. The van der Waals surface area contributed by atoms with E-state index in [1.165, 1.54) is 5.69 Å². The van der Waals surface area contributed by atoms with Crippen LogP contribution in [0.15, 0.2) is 30.3 Å². The van der Waals surface area contributed by atoms with Crippen molar-refractivity contribution in [2.75, 3.05) is 31.1 Å². The fraction of sp³-hybridized carbons (Fsp3) is 0.647. The van der Waals surface area contributed by atoms with Crippen LogP contribution in [-0.4, -0.2) is 36.9 Å². The monoisotopic (exact) mass is 278 g/mol. The van der Waals surface area contributed by atoms with Gasteiger partial charge in [0.25, 0.3) is 0 Å². The van der Waals surface area contributed by atoms with Gasteiger partial charge in [-0.15, -0.1) is 0 Å². The van der Waals surface area contributed by atoms with Crippen LogP contribution < -0.4 is 10.2 Å². The average molecular weight is 278 g/mol. The van der Waals surface area contributed by atoms with Gasteiger partial charge in [-0.25, -0.2) is 0 Å². The molecule has 0 bridgehead atoms. The van der Waals surface area contributed by atoms with E-state index < -0.39 is 0 Å². The van der Waals surface area contributed by atoms with Gasteiger partial charge in [0, 0.05) is 24.3 Å². The van der Waals surface area contributed by atoms with Crippen LogP contribution >= 0.6 is 0 Å². The lowest BCUT2D eigenvalue weighted by atomic mass is 9.91. The number of likely N-dealkylation sites (N-methyl/N-ethyl adjacent to an activating group) is 1. The minimum absolute atomic E-state index is 0.106. The van der Waals surface area contributed by atoms with Gasteiger partial charge >= 0.3 is 0 Å². The molecule has 0 heterocycles. The van der Waals surface area contributed by atoms with E-state index in [2.05, 4.69) is 61.3 Å². The highest BCUT2D eigenvalue weighted by atomic mass is 16.3. The Labute approximate surface area is 124 Å². The summed E-state index contributed by atoms with van der Waals surface area (Å²) in [6.45, 7) is 9.61. The molecule has 0 aliphatic heterocycles. The Bertz CT molecular complexity index is 349. The fourth-order valence-electron chi connectivity index (χ4n) is 2.73. The number of hydrogen-bond donors (Lipinski definition) is 2. The third kappa shape index (κ3) is 4.80. The molecule has 20 heavy (non-hydrogen) atoms. The zero-order valence-corrected chi connectivity index (χ0v) is 13.2. The predicted molar refractivity (Wildman–Crippen MR) is 87.3 cm³/mol. The van der Waals surface area contributed by atoms with Crippen molar-refractivity contribution in [3.63, 3.8) is 0 Å². The Kier molecular flexibility index (Phi) is 7.63. The first-order chi connectivity index (χ1) is 9.71. The van der Waals surface area contributed by atoms with Gasteiger partial charge in [-0.2, -0.15) is 0 Å². The number of anilines is 1. The van der Waals surface area contributed by atoms with Gasteiger partial charge in [0.2, 0.25) is 0 Å². The second-order valence-electron chi connectivity index (χ2n) is 5.34. The van der Waals surface area contributed by atoms with Crippen LogP contribution in [0.2, 0.25) is 0 Å². The number of benzene rings is 1. The molecule has 0 aliphatic carbocycles. The highest BCUT2D eigenvalue weighted by Gasteiger charge is 2.25. The molecule has 0 amide bonds. The van der Waals surface area contributed by atoms with E-state index in [1.54, 1.807) is 0 Å². The van der Waals surface area contributed by atoms with Crippen molar-refractivity contribution < 1.29 is 5.11 Å². The van der Waals surface area contributed by atoms with E-state index in [9.17, 15) is 5.11 Å². The maximum atomic E-state index is 9.67. The molecule has 2 N–H and O–H groups in total. The highest BCUT2D eigenvalue weighted by molar-refractivity contribution is 5.45. The molecule has 1 atom stereocenters. The number of para-hydroxylation sites is 1. The normalized spacial score (nSPS) is 14.0. The van der Waals surface area contributed by atoms with Gasteiger partial charge in [0.1, 0.15) is 0 Å². The number of hydrogen-bond acceptors (Lipinski definition) is 3. The molecule has 0 aliphatic rings. The third-order valence-electron chi connectivity index (χ3n) is 4.12. The van der Waals surface area contributed by atoms with Crippen LogP contribution in [0.25, 0.3) is 0 Å². The van der Waals surface area contributed by atoms with Crippen LogP contribution in [0, 0.1) is 0 Å². The molecule has 3 heteroatoms. The molecule has 0 aromatic heterocycles. The summed E-state index contributed by atoms with van der Waals surface area (Å²) in [6, 6.07) is 10.5. The number of aliphatic hydroxyl groups excluding tert-OH is 1. The summed E-state index contributed by atoms with van der Waals surface area (Å²) in [7, 11) is 0. The van der Waals surface area contributed by atoms with Crippen LogP contribution in [0.4, 0.5) is 5.69 Å². The first-order valence-corrected chi connectivity index (χ1v) is 7.87. The quantitative estimate of drug-likeness (QED) is 0.690. The Hall–Kier alpha value is -1.06. The molecule has 0 saturated heterocycles. The van der Waals surface area contributed by atoms with E-state index in [1.807, 2.05) is 0 Å². The van der Waals surface area contributed by atoms with Crippen molar-refractivity contribution in [3.8, 4) is 0 Å². The largest absolute Gasteiger partial charge is 0.394 e. The van der Waals surface area contributed by atoms with Crippen molar-refractivity contribution in [2.45, 2.75) is 45.6 Å². The molecule has 114 valence electrons. The van der Waals surface area contributed by atoms with Gasteiger partial charge in [-0.3, -0.25) is 0 Å². The lowest BCUT2D eigenvalue weighted by Gasteiger charge is -2.33. The summed E-state index contributed by atoms with van der Waals surface area (Å²) in [4.78, 5) is 2.39. The Morgan fingerprint density at radius 1 is 1.15 bits per heavy atom. The van der Waals surface area contributed by atoms with Gasteiger partial charge < -0.3 is 15.3 Å². The van der Waals surface area contributed by atoms with E-state index in [0.717, 1.165) is 38.9 Å². The summed E-state index contributed by atoms with van der Waals surface area (Å²) in [6.07, 6.45) is 3.07. The second-order valence-corrected chi connectivity index (χ2v) is 5.34. The summed E-state index contributed by atoms with van der Waals surface area (Å²) in [5.41, 5.74) is 1.18. The van der Waals surface area contributed by atoms with Crippen LogP contribution in [0.3, 0.4) is 0 Å². The van der Waals surface area contributed by atoms with Crippen LogP contribution in [0.5, 0.6) is 0 Å². The smallest absolute Gasteiger partial charge is 0.0613 e. The number of aliphatic hydroxyl groups is 1. The fourth-order valence-corrected chi connectivity index (χ4v) is 2.73. The molecule has 1 unspecified atom stereocenters. The zero-order valence-electron chi connectivity index (χ0n) is 13.2. The Balaban J connectivity index is 2.52. The zero-order chi connectivity index (χ0) is 14.8. The molecule has 1 aromatic rings. The van der Waals surface area contributed by atoms with Crippen molar-refractivity contribution in [3.05, 3.63) is 30.3 Å². The molecule has 0 radical (unpaired) electrons. The van der Waals surface area contributed by atoms with Gasteiger partial charge in [0.15, 0.2) is 0 Å². The molecular weight excluding hydrogens is 248 g/mol. The van der Waals surface area contributed by atoms with Crippen molar-refractivity contribution in [1.29, 1.82) is 0 Å². The lowest BCUT2D eigenvalue weighted by Crippen LogP contribution is -2.48. The standard InChI is InChI=1S/C17H30N2O/c1-4-17(15-20,18-5-2)13-10-14-19(6-3)16-11-8-7-9-12-16/h7-9,11-12,18,20H,4-6,10,13-15H2,1-3H3. The Morgan fingerprint density at radius 2 is 1.85 bits per heavy atom. The molecule has 0 fully saturated rings. The van der Waals surface area contributed by atoms with Crippen molar-refractivity contribution in [2.24, 2.45) is 0 Å².